The van der Waals surface area contributed by atoms with Crippen molar-refractivity contribution in [1.82, 2.24) is 4.31 Å². The van der Waals surface area contributed by atoms with E-state index < -0.39 is 10.0 Å². The van der Waals surface area contributed by atoms with Gasteiger partial charge in [-0.1, -0.05) is 22.0 Å². The summed E-state index contributed by atoms with van der Waals surface area (Å²) < 4.78 is 38.6. The maximum absolute atomic E-state index is 12.9. The van der Waals surface area contributed by atoms with Crippen molar-refractivity contribution in [2.45, 2.75) is 4.90 Å². The molecule has 0 heterocycles. The number of benzene rings is 2. The maximum Gasteiger partial charge on any atom is 0.243 e. The average Bonchev–Trinajstić information content (AvgIpc) is 2.64. The second-order valence-electron chi connectivity index (χ2n) is 5.34. The van der Waals surface area contributed by atoms with Gasteiger partial charge >= 0.3 is 0 Å². The summed E-state index contributed by atoms with van der Waals surface area (Å²) in [6, 6.07) is 15.2. The lowest BCUT2D eigenvalue weighted by molar-refractivity contribution is 0.171. The Balaban J connectivity index is 2.10. The third kappa shape index (κ3) is 5.54. The molecule has 26 heavy (non-hydrogen) atoms. The lowest BCUT2D eigenvalue weighted by Crippen LogP contribution is -2.37. The van der Waals surface area contributed by atoms with Crippen molar-refractivity contribution in [2.24, 2.45) is 0 Å². The lowest BCUT2D eigenvalue weighted by atomic mass is 10.2. The summed E-state index contributed by atoms with van der Waals surface area (Å²) in [6.45, 7) is 0.862. The van der Waals surface area contributed by atoms with Gasteiger partial charge in [-0.2, -0.15) is 9.57 Å². The lowest BCUT2D eigenvalue weighted by Gasteiger charge is -2.22. The number of nitriles is 1. The van der Waals surface area contributed by atoms with Crippen molar-refractivity contribution in [3.05, 3.63) is 58.6 Å². The second-order valence-corrected chi connectivity index (χ2v) is 8.19. The zero-order valence-electron chi connectivity index (χ0n) is 14.3. The van der Waals surface area contributed by atoms with E-state index in [0.29, 0.717) is 11.3 Å². The van der Waals surface area contributed by atoms with E-state index in [9.17, 15) is 8.42 Å². The van der Waals surface area contributed by atoms with Crippen molar-refractivity contribution in [3.8, 4) is 11.8 Å². The number of hydrogen-bond acceptors (Lipinski definition) is 5. The largest absolute Gasteiger partial charge is 0.492 e. The number of sulfonamides is 1. The van der Waals surface area contributed by atoms with Crippen molar-refractivity contribution in [3.63, 3.8) is 0 Å². The van der Waals surface area contributed by atoms with Crippen LogP contribution >= 0.6 is 15.9 Å². The smallest absolute Gasteiger partial charge is 0.243 e. The molecule has 0 saturated carbocycles. The minimum absolute atomic E-state index is 0.134. The van der Waals surface area contributed by atoms with E-state index in [1.54, 1.807) is 6.07 Å². The summed E-state index contributed by atoms with van der Waals surface area (Å²) in [5.41, 5.74) is 0.408. The van der Waals surface area contributed by atoms with Crippen LogP contribution in [0.2, 0.25) is 0 Å². The molecule has 2 aromatic rings. The Morgan fingerprint density at radius 2 is 1.81 bits per heavy atom. The van der Waals surface area contributed by atoms with Crippen molar-refractivity contribution >= 4 is 26.0 Å². The normalized spacial score (nSPS) is 11.3. The summed E-state index contributed by atoms with van der Waals surface area (Å²) in [6.07, 6.45) is 0. The Labute approximate surface area is 162 Å². The minimum Gasteiger partial charge on any atom is -0.492 e. The first-order valence-corrected chi connectivity index (χ1v) is 10.1. The molecule has 0 bridgehead atoms. The Morgan fingerprint density at radius 3 is 2.42 bits per heavy atom. The average molecular weight is 439 g/mol. The van der Waals surface area contributed by atoms with E-state index in [2.05, 4.69) is 15.9 Å². The van der Waals surface area contributed by atoms with Gasteiger partial charge in [-0.15, -0.1) is 0 Å². The van der Waals surface area contributed by atoms with Gasteiger partial charge in [-0.25, -0.2) is 8.42 Å². The highest BCUT2D eigenvalue weighted by Crippen LogP contribution is 2.19. The summed E-state index contributed by atoms with van der Waals surface area (Å²) in [4.78, 5) is 0.134. The van der Waals surface area contributed by atoms with Crippen LogP contribution in [0.3, 0.4) is 0 Å². The van der Waals surface area contributed by atoms with Crippen molar-refractivity contribution in [2.75, 3.05) is 33.4 Å². The zero-order valence-corrected chi connectivity index (χ0v) is 16.7. The van der Waals surface area contributed by atoms with Crippen LogP contribution in [-0.4, -0.2) is 46.1 Å². The first-order valence-electron chi connectivity index (χ1n) is 7.85. The molecule has 0 saturated heterocycles. The quantitative estimate of drug-likeness (QED) is 0.600. The Morgan fingerprint density at radius 1 is 1.12 bits per heavy atom. The standard InChI is InChI=1S/C18H19BrN2O4S/c1-24-11-9-21(10-12-25-17-4-2-3-16(19)13-17)26(22,23)18-7-5-15(14-20)6-8-18/h2-8,13H,9-12H2,1H3. The van der Waals surface area contributed by atoms with Gasteiger partial charge in [0.25, 0.3) is 0 Å². The van der Waals surface area contributed by atoms with Gasteiger partial charge in [0, 0.05) is 24.7 Å². The van der Waals surface area contributed by atoms with Crippen LogP contribution in [0, 0.1) is 11.3 Å². The monoisotopic (exact) mass is 438 g/mol. The Bertz CT molecular complexity index is 864. The molecule has 0 radical (unpaired) electrons. The third-order valence-electron chi connectivity index (χ3n) is 3.57. The van der Waals surface area contributed by atoms with Crippen molar-refractivity contribution in [1.29, 1.82) is 5.26 Å². The van der Waals surface area contributed by atoms with Gasteiger partial charge in [-0.05, 0) is 42.5 Å². The molecular formula is C18H19BrN2O4S. The van der Waals surface area contributed by atoms with Crippen LogP contribution in [0.25, 0.3) is 0 Å². The summed E-state index contributed by atoms with van der Waals surface area (Å²) >= 11 is 3.37. The third-order valence-corrected chi connectivity index (χ3v) is 5.98. The molecule has 0 amide bonds. The first kappa shape index (κ1) is 20.4. The van der Waals surface area contributed by atoms with E-state index >= 15 is 0 Å². The van der Waals surface area contributed by atoms with Crippen LogP contribution in [0.15, 0.2) is 57.9 Å². The number of rotatable bonds is 9. The van der Waals surface area contributed by atoms with Crippen LogP contribution in [0.5, 0.6) is 5.75 Å². The van der Waals surface area contributed by atoms with Gasteiger partial charge in [-0.3, -0.25) is 0 Å². The highest BCUT2D eigenvalue weighted by molar-refractivity contribution is 9.10. The molecular weight excluding hydrogens is 420 g/mol. The Kier molecular flexibility index (Phi) is 7.60. The topological polar surface area (TPSA) is 79.6 Å². The SMILES string of the molecule is COCCN(CCOc1cccc(Br)c1)S(=O)(=O)c1ccc(C#N)cc1. The number of halogens is 1. The highest BCUT2D eigenvalue weighted by Gasteiger charge is 2.24. The molecule has 6 nitrogen and oxygen atoms in total. The van der Waals surface area contributed by atoms with Gasteiger partial charge in [0.05, 0.1) is 23.1 Å². The molecule has 0 aliphatic heterocycles. The minimum atomic E-state index is -3.71. The fourth-order valence-corrected chi connectivity index (χ4v) is 4.00. The number of nitrogens with zero attached hydrogens (tertiary/aromatic N) is 2. The van der Waals surface area contributed by atoms with E-state index in [0.717, 1.165) is 4.47 Å². The summed E-state index contributed by atoms with van der Waals surface area (Å²) in [7, 11) is -2.19. The van der Waals surface area contributed by atoms with E-state index in [4.69, 9.17) is 14.7 Å². The predicted octanol–water partition coefficient (Wildman–Crippen LogP) is 3.04. The molecule has 0 spiro atoms. The fraction of sp³-hybridized carbons (Fsp3) is 0.278. The van der Waals surface area contributed by atoms with Gasteiger partial charge in [0.15, 0.2) is 0 Å². The number of methoxy groups -OCH3 is 1. The predicted molar refractivity (Wildman–Crippen MR) is 101 cm³/mol. The highest BCUT2D eigenvalue weighted by atomic mass is 79.9. The van der Waals surface area contributed by atoms with E-state index in [-0.39, 0.29) is 31.2 Å². The summed E-state index contributed by atoms with van der Waals surface area (Å²) in [5, 5.41) is 8.85. The van der Waals surface area contributed by atoms with Gasteiger partial charge in [0.1, 0.15) is 12.4 Å². The Hall–Kier alpha value is -1.92. The molecule has 0 N–H and O–H groups in total. The maximum atomic E-state index is 12.9. The molecule has 0 unspecified atom stereocenters. The molecule has 2 aromatic carbocycles. The summed E-state index contributed by atoms with van der Waals surface area (Å²) in [5.74, 6) is 0.654. The molecule has 138 valence electrons. The second kappa shape index (κ2) is 9.69. The van der Waals surface area contributed by atoms with Crippen LogP contribution in [-0.2, 0) is 14.8 Å². The fourth-order valence-electron chi connectivity index (χ4n) is 2.22. The molecule has 8 heteroatoms. The van der Waals surface area contributed by atoms with Crippen LogP contribution < -0.4 is 4.74 Å². The van der Waals surface area contributed by atoms with Gasteiger partial charge in [0.2, 0.25) is 10.0 Å². The van der Waals surface area contributed by atoms with E-state index in [1.807, 2.05) is 24.3 Å². The molecule has 0 aliphatic rings. The number of ether oxygens (including phenoxy) is 2. The molecule has 0 aromatic heterocycles. The van der Waals surface area contributed by atoms with E-state index in [1.165, 1.54) is 35.7 Å². The van der Waals surface area contributed by atoms with Crippen LogP contribution in [0.4, 0.5) is 0 Å². The molecule has 0 atom stereocenters. The molecule has 0 aliphatic carbocycles. The first-order chi connectivity index (χ1) is 12.5. The molecule has 0 fully saturated rings. The van der Waals surface area contributed by atoms with Crippen molar-refractivity contribution < 1.29 is 17.9 Å². The molecule has 2 rings (SSSR count). The van der Waals surface area contributed by atoms with Gasteiger partial charge < -0.3 is 9.47 Å². The number of hydrogen-bond donors (Lipinski definition) is 0. The van der Waals surface area contributed by atoms with Crippen LogP contribution in [0.1, 0.15) is 5.56 Å². The zero-order chi connectivity index (χ0) is 19.0.